The summed E-state index contributed by atoms with van der Waals surface area (Å²) in [6.45, 7) is 2.80. The highest BCUT2D eigenvalue weighted by Crippen LogP contribution is 2.26. The Morgan fingerprint density at radius 3 is 2.52 bits per heavy atom. The first-order valence-electron chi connectivity index (χ1n) is 10.6. The Labute approximate surface area is 188 Å². The summed E-state index contributed by atoms with van der Waals surface area (Å²) in [5.74, 6) is 1.14. The fourth-order valence-corrected chi connectivity index (χ4v) is 3.90. The topological polar surface area (TPSA) is 86.3 Å². The van der Waals surface area contributed by atoms with E-state index in [0.717, 1.165) is 30.2 Å². The van der Waals surface area contributed by atoms with Gasteiger partial charge in [0.05, 0.1) is 30.8 Å². The number of aromatic nitrogens is 7. The number of pyridine rings is 2. The van der Waals surface area contributed by atoms with Gasteiger partial charge in [0.15, 0.2) is 11.5 Å². The van der Waals surface area contributed by atoms with Gasteiger partial charge < -0.3 is 9.64 Å². The van der Waals surface area contributed by atoms with Gasteiger partial charge in [-0.25, -0.2) is 14.1 Å². The molecule has 164 valence electrons. The van der Waals surface area contributed by atoms with Crippen molar-refractivity contribution < 1.29 is 9.13 Å². The van der Waals surface area contributed by atoms with E-state index in [0.29, 0.717) is 35.9 Å². The van der Waals surface area contributed by atoms with E-state index in [1.54, 1.807) is 23.3 Å². The highest BCUT2D eigenvalue weighted by molar-refractivity contribution is 5.66. The SMILES string of the molecule is Fc1cncc(-c2ccn(-c3cc(N4CCOCC4)n4nc(-c5ccncc5)cc4n3)n2)c1. The number of nitrogens with zero attached hydrogens (tertiary/aromatic N) is 8. The third kappa shape index (κ3) is 3.70. The molecule has 5 aromatic rings. The van der Waals surface area contributed by atoms with Gasteiger partial charge in [0.1, 0.15) is 11.6 Å². The van der Waals surface area contributed by atoms with E-state index < -0.39 is 5.82 Å². The van der Waals surface area contributed by atoms with Crippen LogP contribution in [-0.4, -0.2) is 60.6 Å². The molecule has 0 radical (unpaired) electrons. The van der Waals surface area contributed by atoms with Crippen molar-refractivity contribution in [2.75, 3.05) is 31.2 Å². The van der Waals surface area contributed by atoms with E-state index in [4.69, 9.17) is 14.8 Å². The third-order valence-electron chi connectivity index (χ3n) is 5.53. The molecule has 0 spiro atoms. The molecule has 9 nitrogen and oxygen atoms in total. The molecular formula is C23H19FN8O. The Hall–Kier alpha value is -4.18. The van der Waals surface area contributed by atoms with Crippen molar-refractivity contribution in [1.29, 1.82) is 0 Å². The zero-order valence-corrected chi connectivity index (χ0v) is 17.5. The number of rotatable bonds is 4. The minimum Gasteiger partial charge on any atom is -0.378 e. The van der Waals surface area contributed by atoms with E-state index in [1.807, 2.05) is 41.0 Å². The molecule has 1 saturated heterocycles. The van der Waals surface area contributed by atoms with Gasteiger partial charge in [0.25, 0.3) is 0 Å². The average Bonchev–Trinajstić information content (AvgIpc) is 3.52. The predicted octanol–water partition coefficient (Wildman–Crippen LogP) is 3.01. The second kappa shape index (κ2) is 8.06. The van der Waals surface area contributed by atoms with Crippen LogP contribution in [0.1, 0.15) is 0 Å². The van der Waals surface area contributed by atoms with Gasteiger partial charge in [0.2, 0.25) is 0 Å². The lowest BCUT2D eigenvalue weighted by atomic mass is 10.2. The molecule has 0 unspecified atom stereocenters. The number of fused-ring (bicyclic) bond motifs is 1. The van der Waals surface area contributed by atoms with Crippen molar-refractivity contribution in [2.45, 2.75) is 0 Å². The lowest BCUT2D eigenvalue weighted by molar-refractivity contribution is 0.122. The van der Waals surface area contributed by atoms with Gasteiger partial charge in [-0.3, -0.25) is 9.97 Å². The molecule has 6 heterocycles. The molecule has 0 N–H and O–H groups in total. The van der Waals surface area contributed by atoms with Crippen molar-refractivity contribution >= 4 is 11.5 Å². The van der Waals surface area contributed by atoms with Crippen LogP contribution < -0.4 is 4.90 Å². The first-order chi connectivity index (χ1) is 16.2. The summed E-state index contributed by atoms with van der Waals surface area (Å²) < 4.78 is 22.7. The summed E-state index contributed by atoms with van der Waals surface area (Å²) in [5.41, 5.74) is 3.69. The Morgan fingerprint density at radius 2 is 1.70 bits per heavy atom. The quantitative estimate of drug-likeness (QED) is 0.423. The van der Waals surface area contributed by atoms with Gasteiger partial charge in [0, 0.05) is 61.1 Å². The molecule has 0 amide bonds. The van der Waals surface area contributed by atoms with Crippen LogP contribution in [0.3, 0.4) is 0 Å². The number of halogens is 1. The Morgan fingerprint density at radius 1 is 0.848 bits per heavy atom. The van der Waals surface area contributed by atoms with Gasteiger partial charge in [-0.15, -0.1) is 0 Å². The van der Waals surface area contributed by atoms with Gasteiger partial charge >= 0.3 is 0 Å². The Kier molecular flexibility index (Phi) is 4.76. The number of morpholine rings is 1. The second-order valence-corrected chi connectivity index (χ2v) is 7.64. The average molecular weight is 442 g/mol. The van der Waals surface area contributed by atoms with Crippen LogP contribution in [-0.2, 0) is 4.74 Å². The molecule has 33 heavy (non-hydrogen) atoms. The zero-order valence-electron chi connectivity index (χ0n) is 17.5. The highest BCUT2D eigenvalue weighted by atomic mass is 19.1. The molecule has 1 aliphatic heterocycles. The summed E-state index contributed by atoms with van der Waals surface area (Å²) in [7, 11) is 0. The van der Waals surface area contributed by atoms with Crippen molar-refractivity contribution in [1.82, 2.24) is 34.3 Å². The molecular weight excluding hydrogens is 423 g/mol. The standard InChI is InChI=1S/C23H19FN8O/c24-18-11-17(14-26-15-18)19-3-6-31(28-19)21-13-23(30-7-9-33-10-8-30)32-22(27-21)12-20(29-32)16-1-4-25-5-2-16/h1-6,11-15H,7-10H2. The fourth-order valence-electron chi connectivity index (χ4n) is 3.90. The number of ether oxygens (including phenoxy) is 1. The van der Waals surface area contributed by atoms with E-state index >= 15 is 0 Å². The Bertz CT molecular complexity index is 1430. The first kappa shape index (κ1) is 19.5. The maximum Gasteiger partial charge on any atom is 0.160 e. The van der Waals surface area contributed by atoms with Crippen LogP contribution >= 0.6 is 0 Å². The lowest BCUT2D eigenvalue weighted by Gasteiger charge is -2.29. The van der Waals surface area contributed by atoms with Crippen LogP contribution in [0, 0.1) is 5.82 Å². The van der Waals surface area contributed by atoms with Gasteiger partial charge in [-0.1, -0.05) is 0 Å². The molecule has 0 aliphatic carbocycles. The van der Waals surface area contributed by atoms with Crippen LogP contribution in [0.15, 0.2) is 67.4 Å². The number of hydrogen-bond acceptors (Lipinski definition) is 7. The van der Waals surface area contributed by atoms with E-state index in [1.165, 1.54) is 12.3 Å². The van der Waals surface area contributed by atoms with Crippen LogP contribution in [0.5, 0.6) is 0 Å². The van der Waals surface area contributed by atoms with E-state index in [-0.39, 0.29) is 0 Å². The molecule has 0 bridgehead atoms. The Balaban J connectivity index is 1.47. The van der Waals surface area contributed by atoms with Gasteiger partial charge in [-0.2, -0.15) is 14.7 Å². The monoisotopic (exact) mass is 442 g/mol. The van der Waals surface area contributed by atoms with Crippen molar-refractivity contribution in [3.63, 3.8) is 0 Å². The van der Waals surface area contributed by atoms with Gasteiger partial charge in [-0.05, 0) is 24.3 Å². The third-order valence-corrected chi connectivity index (χ3v) is 5.53. The molecule has 6 rings (SSSR count). The molecule has 5 aromatic heterocycles. The minimum atomic E-state index is -0.404. The van der Waals surface area contributed by atoms with Crippen LogP contribution in [0.4, 0.5) is 10.2 Å². The normalized spacial score (nSPS) is 14.2. The molecule has 1 fully saturated rings. The van der Waals surface area contributed by atoms with Crippen LogP contribution in [0.2, 0.25) is 0 Å². The lowest BCUT2D eigenvalue weighted by Crippen LogP contribution is -2.37. The second-order valence-electron chi connectivity index (χ2n) is 7.64. The summed E-state index contributed by atoms with van der Waals surface area (Å²) in [5, 5.41) is 9.44. The van der Waals surface area contributed by atoms with Crippen LogP contribution in [0.25, 0.3) is 34.0 Å². The molecule has 0 atom stereocenters. The van der Waals surface area contributed by atoms with Crippen molar-refractivity contribution in [2.24, 2.45) is 0 Å². The maximum atomic E-state index is 13.6. The summed E-state index contributed by atoms with van der Waals surface area (Å²) in [6.07, 6.45) is 8.05. The molecule has 0 aromatic carbocycles. The van der Waals surface area contributed by atoms with E-state index in [9.17, 15) is 4.39 Å². The molecule has 1 aliphatic rings. The smallest absolute Gasteiger partial charge is 0.160 e. The maximum absolute atomic E-state index is 13.6. The number of hydrogen-bond donors (Lipinski definition) is 0. The highest BCUT2D eigenvalue weighted by Gasteiger charge is 2.19. The largest absolute Gasteiger partial charge is 0.378 e. The zero-order chi connectivity index (χ0) is 22.2. The molecule has 0 saturated carbocycles. The van der Waals surface area contributed by atoms with E-state index in [2.05, 4.69) is 20.0 Å². The van der Waals surface area contributed by atoms with Crippen molar-refractivity contribution in [3.05, 3.63) is 73.2 Å². The summed E-state index contributed by atoms with van der Waals surface area (Å²) >= 11 is 0. The number of anilines is 1. The molecule has 10 heteroatoms. The summed E-state index contributed by atoms with van der Waals surface area (Å²) in [6, 6.07) is 11.0. The minimum absolute atomic E-state index is 0.404. The summed E-state index contributed by atoms with van der Waals surface area (Å²) in [4.78, 5) is 15.0. The van der Waals surface area contributed by atoms with Crippen molar-refractivity contribution in [3.8, 4) is 28.3 Å². The first-order valence-corrected chi connectivity index (χ1v) is 10.6. The predicted molar refractivity (Wildman–Crippen MR) is 120 cm³/mol. The fraction of sp³-hybridized carbons (Fsp3) is 0.174.